The van der Waals surface area contributed by atoms with Gasteiger partial charge in [-0.1, -0.05) is 12.1 Å². The van der Waals surface area contributed by atoms with Crippen molar-refractivity contribution >= 4 is 5.82 Å². The van der Waals surface area contributed by atoms with E-state index in [9.17, 15) is 0 Å². The number of H-pyrrole nitrogens is 1. The van der Waals surface area contributed by atoms with E-state index in [0.717, 1.165) is 17.0 Å². The molecule has 4 heteroatoms. The smallest absolute Gasteiger partial charge is 0.145 e. The number of nitrogen functional groups attached to an aromatic ring is 1. The van der Waals surface area contributed by atoms with Crippen LogP contribution in [0.4, 0.5) is 5.82 Å². The minimum absolute atomic E-state index is 0.505. The average Bonchev–Trinajstić information content (AvgIpc) is 3.11. The molecule has 0 spiro atoms. The van der Waals surface area contributed by atoms with Crippen LogP contribution in [0.2, 0.25) is 0 Å². The van der Waals surface area contributed by atoms with Crippen LogP contribution in [0.1, 0.15) is 24.3 Å². The minimum Gasteiger partial charge on any atom is -0.496 e. The summed E-state index contributed by atoms with van der Waals surface area (Å²) in [6.07, 6.45) is 2.54. The first-order chi connectivity index (χ1) is 8.28. The number of hydrogen-bond donors (Lipinski definition) is 2. The summed E-state index contributed by atoms with van der Waals surface area (Å²) in [6, 6.07) is 8.10. The lowest BCUT2D eigenvalue weighted by molar-refractivity contribution is 0.410. The van der Waals surface area contributed by atoms with Crippen LogP contribution in [0, 0.1) is 0 Å². The Morgan fingerprint density at radius 3 is 2.76 bits per heavy atom. The van der Waals surface area contributed by atoms with Crippen LogP contribution in [0.25, 0.3) is 11.3 Å². The number of rotatable bonds is 3. The molecule has 1 fully saturated rings. The molecule has 0 radical (unpaired) electrons. The van der Waals surface area contributed by atoms with Crippen LogP contribution < -0.4 is 10.5 Å². The lowest BCUT2D eigenvalue weighted by Crippen LogP contribution is -1.91. The van der Waals surface area contributed by atoms with Crippen molar-refractivity contribution in [3.63, 3.8) is 0 Å². The van der Waals surface area contributed by atoms with Crippen LogP contribution in [-0.4, -0.2) is 17.3 Å². The SMILES string of the molecule is COc1cc(-c2cc(N)n[nH]2)ccc1C1CC1. The molecule has 88 valence electrons. The van der Waals surface area contributed by atoms with Gasteiger partial charge in [-0.2, -0.15) is 5.10 Å². The van der Waals surface area contributed by atoms with Gasteiger partial charge in [0.05, 0.1) is 12.8 Å². The zero-order chi connectivity index (χ0) is 11.8. The van der Waals surface area contributed by atoms with Crippen LogP contribution >= 0.6 is 0 Å². The zero-order valence-electron chi connectivity index (χ0n) is 9.73. The zero-order valence-corrected chi connectivity index (χ0v) is 9.73. The molecule has 3 rings (SSSR count). The van der Waals surface area contributed by atoms with Crippen molar-refractivity contribution in [2.45, 2.75) is 18.8 Å². The predicted molar refractivity (Wildman–Crippen MR) is 67.0 cm³/mol. The van der Waals surface area contributed by atoms with E-state index >= 15 is 0 Å². The highest BCUT2D eigenvalue weighted by Gasteiger charge is 2.26. The predicted octanol–water partition coefficient (Wildman–Crippen LogP) is 2.54. The molecular weight excluding hydrogens is 214 g/mol. The molecule has 4 nitrogen and oxygen atoms in total. The van der Waals surface area contributed by atoms with Crippen molar-refractivity contribution in [2.24, 2.45) is 0 Å². The van der Waals surface area contributed by atoms with Gasteiger partial charge in [-0.3, -0.25) is 5.10 Å². The summed E-state index contributed by atoms with van der Waals surface area (Å²) in [6.45, 7) is 0. The molecule has 1 saturated carbocycles. The number of hydrogen-bond acceptors (Lipinski definition) is 3. The van der Waals surface area contributed by atoms with Crippen LogP contribution in [-0.2, 0) is 0 Å². The van der Waals surface area contributed by atoms with Gasteiger partial charge in [-0.15, -0.1) is 0 Å². The Morgan fingerprint density at radius 1 is 1.35 bits per heavy atom. The molecule has 0 saturated heterocycles. The monoisotopic (exact) mass is 229 g/mol. The molecule has 1 aliphatic rings. The molecule has 1 heterocycles. The minimum atomic E-state index is 0.505. The third-order valence-corrected chi connectivity index (χ3v) is 3.16. The first kappa shape index (κ1) is 10.2. The second-order valence-corrected chi connectivity index (χ2v) is 4.44. The molecule has 0 aliphatic heterocycles. The number of benzene rings is 1. The fourth-order valence-electron chi connectivity index (χ4n) is 2.10. The Labute approximate surface area is 99.8 Å². The molecular formula is C13H15N3O. The molecule has 0 amide bonds. The third-order valence-electron chi connectivity index (χ3n) is 3.16. The van der Waals surface area contributed by atoms with Gasteiger partial charge in [0.25, 0.3) is 0 Å². The molecule has 2 aromatic rings. The molecule has 3 N–H and O–H groups in total. The molecule has 0 unspecified atom stereocenters. The van der Waals surface area contributed by atoms with Crippen LogP contribution in [0.5, 0.6) is 5.75 Å². The Morgan fingerprint density at radius 2 is 2.18 bits per heavy atom. The van der Waals surface area contributed by atoms with Crippen LogP contribution in [0.3, 0.4) is 0 Å². The Bertz CT molecular complexity index is 543. The van der Waals surface area contributed by atoms with E-state index in [2.05, 4.69) is 22.3 Å². The number of nitrogens with one attached hydrogen (secondary N) is 1. The molecule has 0 bridgehead atoms. The van der Waals surface area contributed by atoms with Gasteiger partial charge >= 0.3 is 0 Å². The van der Waals surface area contributed by atoms with E-state index in [1.165, 1.54) is 18.4 Å². The first-order valence-corrected chi connectivity index (χ1v) is 5.77. The standard InChI is InChI=1S/C13H15N3O/c1-17-12-6-9(11-7-13(14)16-15-11)4-5-10(12)8-2-3-8/h4-8H,2-3H2,1H3,(H3,14,15,16). The van der Waals surface area contributed by atoms with Gasteiger partial charge in [0.1, 0.15) is 11.6 Å². The van der Waals surface area contributed by atoms with E-state index in [4.69, 9.17) is 10.5 Å². The van der Waals surface area contributed by atoms with E-state index in [0.29, 0.717) is 11.7 Å². The third kappa shape index (κ3) is 1.86. The van der Waals surface area contributed by atoms with Crippen molar-refractivity contribution in [2.75, 3.05) is 12.8 Å². The summed E-state index contributed by atoms with van der Waals surface area (Å²) >= 11 is 0. The lowest BCUT2D eigenvalue weighted by Gasteiger charge is -2.09. The molecule has 1 aromatic heterocycles. The van der Waals surface area contributed by atoms with Crippen molar-refractivity contribution in [3.8, 4) is 17.0 Å². The van der Waals surface area contributed by atoms with E-state index in [1.807, 2.05) is 12.1 Å². The number of aromatic nitrogens is 2. The maximum atomic E-state index is 5.60. The number of nitrogens with zero attached hydrogens (tertiary/aromatic N) is 1. The molecule has 1 aliphatic carbocycles. The lowest BCUT2D eigenvalue weighted by atomic mass is 10.0. The second kappa shape index (κ2) is 3.80. The first-order valence-electron chi connectivity index (χ1n) is 5.77. The van der Waals surface area contributed by atoms with Crippen molar-refractivity contribution < 1.29 is 4.74 Å². The molecule has 0 atom stereocenters. The van der Waals surface area contributed by atoms with E-state index in [1.54, 1.807) is 7.11 Å². The fraction of sp³-hybridized carbons (Fsp3) is 0.308. The van der Waals surface area contributed by atoms with Gasteiger partial charge in [0.15, 0.2) is 0 Å². The van der Waals surface area contributed by atoms with E-state index < -0.39 is 0 Å². The van der Waals surface area contributed by atoms with Gasteiger partial charge in [-0.05, 0) is 30.4 Å². The molecule has 17 heavy (non-hydrogen) atoms. The quantitative estimate of drug-likeness (QED) is 0.850. The summed E-state index contributed by atoms with van der Waals surface area (Å²) in [5.41, 5.74) is 8.88. The van der Waals surface area contributed by atoms with Crippen molar-refractivity contribution in [1.29, 1.82) is 0 Å². The Hall–Kier alpha value is -1.97. The van der Waals surface area contributed by atoms with Gasteiger partial charge in [0.2, 0.25) is 0 Å². The van der Waals surface area contributed by atoms with Crippen molar-refractivity contribution in [3.05, 3.63) is 29.8 Å². The Kier molecular flexibility index (Phi) is 2.28. The summed E-state index contributed by atoms with van der Waals surface area (Å²) in [7, 11) is 1.71. The number of methoxy groups -OCH3 is 1. The number of nitrogens with two attached hydrogens (primary N) is 1. The summed E-state index contributed by atoms with van der Waals surface area (Å²) in [5, 5.41) is 6.84. The van der Waals surface area contributed by atoms with Gasteiger partial charge in [0, 0.05) is 11.6 Å². The highest BCUT2D eigenvalue weighted by Crippen LogP contribution is 2.45. The summed E-state index contributed by atoms with van der Waals surface area (Å²) < 4.78 is 5.45. The Balaban J connectivity index is 2.01. The summed E-state index contributed by atoms with van der Waals surface area (Å²) in [5.74, 6) is 2.15. The van der Waals surface area contributed by atoms with E-state index in [-0.39, 0.29) is 0 Å². The van der Waals surface area contributed by atoms with Crippen LogP contribution in [0.15, 0.2) is 24.3 Å². The van der Waals surface area contributed by atoms with Gasteiger partial charge in [-0.25, -0.2) is 0 Å². The highest BCUT2D eigenvalue weighted by atomic mass is 16.5. The van der Waals surface area contributed by atoms with Gasteiger partial charge < -0.3 is 10.5 Å². The average molecular weight is 229 g/mol. The number of aromatic amines is 1. The number of ether oxygens (including phenoxy) is 1. The second-order valence-electron chi connectivity index (χ2n) is 4.44. The molecule has 1 aromatic carbocycles. The summed E-state index contributed by atoms with van der Waals surface area (Å²) in [4.78, 5) is 0. The maximum Gasteiger partial charge on any atom is 0.145 e. The normalized spacial score (nSPS) is 14.9. The fourth-order valence-corrected chi connectivity index (χ4v) is 2.10. The highest BCUT2D eigenvalue weighted by molar-refractivity contribution is 5.65. The largest absolute Gasteiger partial charge is 0.496 e. The maximum absolute atomic E-state index is 5.60. The van der Waals surface area contributed by atoms with Crippen molar-refractivity contribution in [1.82, 2.24) is 10.2 Å². The number of anilines is 1. The topological polar surface area (TPSA) is 63.9 Å².